The normalized spacial score (nSPS) is 17.0. The van der Waals surface area contributed by atoms with E-state index in [1.807, 2.05) is 5.01 Å². The monoisotopic (exact) mass is 707 g/mol. The highest BCUT2D eigenvalue weighted by Gasteiger charge is 2.39. The largest absolute Gasteiger partial charge is 0.416 e. The molecule has 6 rings (SSSR count). The number of likely N-dealkylation sites (tertiary alicyclic amines) is 1. The topological polar surface area (TPSA) is 53.4 Å². The molecule has 0 unspecified atom stereocenters. The lowest BCUT2D eigenvalue weighted by atomic mass is 10.1. The highest BCUT2D eigenvalue weighted by atomic mass is 35.5. The van der Waals surface area contributed by atoms with Gasteiger partial charge in [0.25, 0.3) is 11.8 Å². The number of carbonyl (C=O) groups is 1. The second-order valence-corrected chi connectivity index (χ2v) is 13.4. The Morgan fingerprint density at radius 2 is 1.72 bits per heavy atom. The highest BCUT2D eigenvalue weighted by Crippen LogP contribution is 2.38. The van der Waals surface area contributed by atoms with Gasteiger partial charge in [-0.05, 0) is 67.4 Å². The van der Waals surface area contributed by atoms with E-state index in [0.29, 0.717) is 50.4 Å². The Bertz CT molecular complexity index is 1840. The van der Waals surface area contributed by atoms with E-state index in [4.69, 9.17) is 28.3 Å². The minimum Gasteiger partial charge on any atom is -0.293 e. The molecule has 0 spiro atoms. The third kappa shape index (κ3) is 7.82. The second kappa shape index (κ2) is 13.6. The summed E-state index contributed by atoms with van der Waals surface area (Å²) in [4.78, 5) is 16.6. The molecule has 0 atom stereocenters. The van der Waals surface area contributed by atoms with E-state index < -0.39 is 30.1 Å². The van der Waals surface area contributed by atoms with Crippen LogP contribution in [-0.2, 0) is 12.7 Å². The van der Waals surface area contributed by atoms with Gasteiger partial charge in [-0.25, -0.2) is 18.5 Å². The standard InChI is InChI=1S/C33H28Cl2F5N5OS/c34-23-9-12-27(26(35)18-23)45-30(28-13-11-24(47-28)10-6-21-4-7-22(8-5-21)33(38,39)40)25(19-43-17-14-32(36,37)20-43)29(41-45)31(46)42-44-15-2-1-3-16-44/h4-5,7-9,11-13,18H,1-3,14-17,19-20H2,(H,42,46). The van der Waals surface area contributed by atoms with Gasteiger partial charge in [0.1, 0.15) is 0 Å². The zero-order valence-electron chi connectivity index (χ0n) is 24.8. The van der Waals surface area contributed by atoms with Crippen molar-refractivity contribution in [2.24, 2.45) is 0 Å². The van der Waals surface area contributed by atoms with Crippen molar-refractivity contribution < 1.29 is 26.7 Å². The Balaban J connectivity index is 1.43. The number of nitrogens with one attached hydrogen (secondary N) is 1. The summed E-state index contributed by atoms with van der Waals surface area (Å²) in [7, 11) is 0. The lowest BCUT2D eigenvalue weighted by Gasteiger charge is -2.26. The molecule has 0 aliphatic carbocycles. The van der Waals surface area contributed by atoms with Crippen LogP contribution in [0.1, 0.15) is 57.7 Å². The molecule has 2 fully saturated rings. The first-order valence-electron chi connectivity index (χ1n) is 14.9. The van der Waals surface area contributed by atoms with Crippen molar-refractivity contribution in [2.75, 3.05) is 26.2 Å². The first-order valence-corrected chi connectivity index (χ1v) is 16.5. The third-order valence-corrected chi connectivity index (χ3v) is 9.51. The molecule has 1 N–H and O–H groups in total. The molecule has 14 heteroatoms. The Labute approximate surface area is 282 Å². The van der Waals surface area contributed by atoms with Gasteiger partial charge in [0.15, 0.2) is 5.69 Å². The number of aromatic nitrogens is 2. The fourth-order valence-electron chi connectivity index (χ4n) is 5.64. The zero-order chi connectivity index (χ0) is 33.3. The maximum atomic E-state index is 14.3. The van der Waals surface area contributed by atoms with E-state index in [9.17, 15) is 26.7 Å². The molecule has 2 aromatic carbocycles. The summed E-state index contributed by atoms with van der Waals surface area (Å²) in [5.41, 5.74) is 4.04. The lowest BCUT2D eigenvalue weighted by molar-refractivity contribution is -0.137. The number of rotatable bonds is 6. The van der Waals surface area contributed by atoms with Crippen molar-refractivity contribution in [3.63, 3.8) is 0 Å². The van der Waals surface area contributed by atoms with Gasteiger partial charge in [-0.15, -0.1) is 11.3 Å². The number of hydrogen-bond donors (Lipinski definition) is 1. The van der Waals surface area contributed by atoms with Crippen molar-refractivity contribution in [3.8, 4) is 28.1 Å². The molecule has 2 aromatic heterocycles. The molecular formula is C33H28Cl2F5N5OS. The van der Waals surface area contributed by atoms with E-state index in [-0.39, 0.29) is 30.2 Å². The molecule has 47 heavy (non-hydrogen) atoms. The van der Waals surface area contributed by atoms with Crippen LogP contribution in [-0.4, -0.2) is 57.7 Å². The quantitative estimate of drug-likeness (QED) is 0.162. The van der Waals surface area contributed by atoms with Gasteiger partial charge < -0.3 is 0 Å². The summed E-state index contributed by atoms with van der Waals surface area (Å²) in [6.07, 6.45) is -1.81. The van der Waals surface area contributed by atoms with E-state index in [1.54, 1.807) is 35.2 Å². The Kier molecular flexibility index (Phi) is 9.65. The molecule has 2 saturated heterocycles. The molecule has 0 saturated carbocycles. The van der Waals surface area contributed by atoms with Crippen molar-refractivity contribution in [1.29, 1.82) is 0 Å². The van der Waals surface area contributed by atoms with Crippen LogP contribution in [0.5, 0.6) is 0 Å². The molecule has 0 radical (unpaired) electrons. The zero-order valence-corrected chi connectivity index (χ0v) is 27.1. The highest BCUT2D eigenvalue weighted by molar-refractivity contribution is 7.16. The SMILES string of the molecule is O=C(NN1CCCCC1)c1nn(-c2ccc(Cl)cc2Cl)c(-c2ccc(C#Cc3ccc(C(F)(F)F)cc3)s2)c1CN1CCC(F)(F)C1. The maximum absolute atomic E-state index is 14.3. The van der Waals surface area contributed by atoms with Crippen molar-refractivity contribution in [3.05, 3.63) is 91.9 Å². The summed E-state index contributed by atoms with van der Waals surface area (Å²) in [5, 5.41) is 7.24. The molecule has 4 aromatic rings. The minimum absolute atomic E-state index is 0.0311. The molecular weight excluding hydrogens is 680 g/mol. The number of carbonyl (C=O) groups excluding carboxylic acids is 1. The average Bonchev–Trinajstić information content (AvgIpc) is 3.73. The van der Waals surface area contributed by atoms with Gasteiger partial charge in [-0.1, -0.05) is 41.5 Å². The summed E-state index contributed by atoms with van der Waals surface area (Å²) in [6.45, 7) is 1.08. The van der Waals surface area contributed by atoms with E-state index in [2.05, 4.69) is 17.3 Å². The summed E-state index contributed by atoms with van der Waals surface area (Å²) in [6, 6.07) is 12.9. The summed E-state index contributed by atoms with van der Waals surface area (Å²) >= 11 is 14.1. The number of alkyl halides is 5. The number of amides is 1. The van der Waals surface area contributed by atoms with E-state index >= 15 is 0 Å². The van der Waals surface area contributed by atoms with Crippen molar-refractivity contribution in [2.45, 2.75) is 44.3 Å². The number of hydrogen-bond acceptors (Lipinski definition) is 5. The number of nitrogens with zero attached hydrogens (tertiary/aromatic N) is 4. The van der Waals surface area contributed by atoms with Crippen LogP contribution in [0.2, 0.25) is 10.0 Å². The average molecular weight is 709 g/mol. The van der Waals surface area contributed by atoms with E-state index in [1.165, 1.54) is 28.2 Å². The molecule has 0 bridgehead atoms. The van der Waals surface area contributed by atoms with Gasteiger partial charge in [-0.2, -0.15) is 18.3 Å². The fourth-order valence-corrected chi connectivity index (χ4v) is 7.05. The smallest absolute Gasteiger partial charge is 0.293 e. The van der Waals surface area contributed by atoms with Crippen LogP contribution in [0.4, 0.5) is 22.0 Å². The number of halogens is 7. The lowest BCUT2D eigenvalue weighted by Crippen LogP contribution is -2.45. The Morgan fingerprint density at radius 3 is 2.38 bits per heavy atom. The predicted octanol–water partition coefficient (Wildman–Crippen LogP) is 8.30. The van der Waals surface area contributed by atoms with Gasteiger partial charge in [0.2, 0.25) is 0 Å². The Morgan fingerprint density at radius 1 is 0.979 bits per heavy atom. The fraction of sp³-hybridized carbons (Fsp3) is 0.333. The molecule has 246 valence electrons. The van der Waals surface area contributed by atoms with Crippen LogP contribution in [0.25, 0.3) is 16.3 Å². The van der Waals surface area contributed by atoms with Crippen molar-refractivity contribution >= 4 is 40.4 Å². The number of benzene rings is 2. The van der Waals surface area contributed by atoms with E-state index in [0.717, 1.165) is 31.4 Å². The van der Waals surface area contributed by atoms with Gasteiger partial charge in [0, 0.05) is 48.7 Å². The van der Waals surface area contributed by atoms with Gasteiger partial charge >= 0.3 is 6.18 Å². The molecule has 2 aliphatic heterocycles. The summed E-state index contributed by atoms with van der Waals surface area (Å²) < 4.78 is 69.1. The number of hydrazine groups is 1. The molecule has 2 aliphatic rings. The van der Waals surface area contributed by atoms with Crippen LogP contribution >= 0.6 is 34.5 Å². The van der Waals surface area contributed by atoms with Crippen LogP contribution in [0, 0.1) is 11.8 Å². The predicted molar refractivity (Wildman–Crippen MR) is 172 cm³/mol. The first kappa shape index (κ1) is 33.4. The molecule has 6 nitrogen and oxygen atoms in total. The molecule has 4 heterocycles. The summed E-state index contributed by atoms with van der Waals surface area (Å²) in [5.74, 6) is 2.57. The minimum atomic E-state index is -4.45. The van der Waals surface area contributed by atoms with Gasteiger partial charge in [-0.3, -0.25) is 15.1 Å². The maximum Gasteiger partial charge on any atom is 0.416 e. The van der Waals surface area contributed by atoms with Crippen LogP contribution in [0.15, 0.2) is 54.6 Å². The first-order chi connectivity index (χ1) is 22.4. The Hall–Kier alpha value is -3.47. The van der Waals surface area contributed by atoms with Gasteiger partial charge in [0.05, 0.1) is 38.3 Å². The second-order valence-electron chi connectivity index (χ2n) is 11.5. The van der Waals surface area contributed by atoms with Crippen LogP contribution < -0.4 is 5.43 Å². The number of piperidine rings is 1. The third-order valence-electron chi connectivity index (χ3n) is 7.96. The number of thiophene rings is 1. The van der Waals surface area contributed by atoms with Crippen molar-refractivity contribution in [1.82, 2.24) is 25.1 Å². The van der Waals surface area contributed by atoms with Crippen LogP contribution in [0.3, 0.4) is 0 Å². The molecule has 1 amide bonds.